The van der Waals surface area contributed by atoms with E-state index in [1.807, 2.05) is 30.7 Å². The van der Waals surface area contributed by atoms with E-state index in [1.165, 1.54) is 6.07 Å². The van der Waals surface area contributed by atoms with Gasteiger partial charge in [-0.2, -0.15) is 13.2 Å². The van der Waals surface area contributed by atoms with Crippen molar-refractivity contribution in [2.75, 3.05) is 18.9 Å². The fourth-order valence-electron chi connectivity index (χ4n) is 4.68. The fraction of sp³-hybridized carbons (Fsp3) is 0.267. The number of carbonyl (C=O) groups excluding carboxylic acids is 2. The van der Waals surface area contributed by atoms with Gasteiger partial charge in [0.25, 0.3) is 11.8 Å². The number of hydrogen-bond acceptors (Lipinski definition) is 5. The van der Waals surface area contributed by atoms with E-state index < -0.39 is 51.4 Å². The number of aromatic nitrogens is 1. The fourth-order valence-corrected chi connectivity index (χ4v) is 5.81. The van der Waals surface area contributed by atoms with Crippen LogP contribution in [-0.2, 0) is 22.6 Å². The molecular formula is C30H28Cl2F3N3O5S. The molecule has 0 saturated heterocycles. The van der Waals surface area contributed by atoms with Gasteiger partial charge in [0.15, 0.2) is 0 Å². The third-order valence-corrected chi connectivity index (χ3v) is 8.80. The number of benzene rings is 3. The van der Waals surface area contributed by atoms with Crippen molar-refractivity contribution < 1.29 is 35.9 Å². The molecule has 0 aliphatic carbocycles. The minimum atomic E-state index is -4.77. The number of hydrogen-bond donors (Lipinski definition) is 3. The van der Waals surface area contributed by atoms with E-state index in [0.29, 0.717) is 51.7 Å². The molecule has 0 unspecified atom stereocenters. The molecule has 0 saturated carbocycles. The molecule has 0 bridgehead atoms. The number of rotatable bonds is 11. The number of alkyl halides is 3. The summed E-state index contributed by atoms with van der Waals surface area (Å²) in [5.74, 6) is -2.15. The van der Waals surface area contributed by atoms with Gasteiger partial charge in [-0.15, -0.1) is 0 Å². The largest absolute Gasteiger partial charge is 0.494 e. The lowest BCUT2D eigenvalue weighted by Crippen LogP contribution is -2.38. The van der Waals surface area contributed by atoms with Crippen LogP contribution in [0.3, 0.4) is 0 Å². The van der Waals surface area contributed by atoms with E-state index in [9.17, 15) is 31.2 Å². The average Bonchev–Trinajstić information content (AvgIpc) is 3.30. The Balaban J connectivity index is 1.42. The number of amides is 2. The number of sulfonamides is 1. The van der Waals surface area contributed by atoms with Gasteiger partial charge in [0.1, 0.15) is 11.4 Å². The van der Waals surface area contributed by atoms with E-state index in [1.54, 1.807) is 18.2 Å². The second-order valence-electron chi connectivity index (χ2n) is 10.0. The summed E-state index contributed by atoms with van der Waals surface area (Å²) in [6.07, 6.45) is -3.94. The highest BCUT2D eigenvalue weighted by molar-refractivity contribution is 7.90. The molecule has 4 aromatic rings. The van der Waals surface area contributed by atoms with Crippen molar-refractivity contribution in [1.82, 2.24) is 15.0 Å². The molecule has 14 heteroatoms. The number of carbonyl (C=O) groups is 2. The Hall–Kier alpha value is -3.74. The van der Waals surface area contributed by atoms with Crippen molar-refractivity contribution in [2.45, 2.75) is 32.9 Å². The Morgan fingerprint density at radius 1 is 0.977 bits per heavy atom. The van der Waals surface area contributed by atoms with Crippen LogP contribution >= 0.6 is 23.2 Å². The Labute approximate surface area is 261 Å². The molecule has 3 N–H and O–H groups in total. The third kappa shape index (κ3) is 8.04. The maximum atomic E-state index is 13.2. The molecular weight excluding hydrogens is 642 g/mol. The van der Waals surface area contributed by atoms with Crippen LogP contribution in [0.1, 0.15) is 49.5 Å². The maximum absolute atomic E-state index is 13.2. The summed E-state index contributed by atoms with van der Waals surface area (Å²) in [5, 5.41) is 3.90. The zero-order valence-corrected chi connectivity index (χ0v) is 25.9. The van der Waals surface area contributed by atoms with Crippen molar-refractivity contribution in [3.8, 4) is 5.75 Å². The van der Waals surface area contributed by atoms with Crippen LogP contribution in [0, 0.1) is 13.8 Å². The first-order valence-electron chi connectivity index (χ1n) is 13.3. The molecule has 3 aromatic carbocycles. The van der Waals surface area contributed by atoms with Crippen LogP contribution in [0.25, 0.3) is 10.9 Å². The summed E-state index contributed by atoms with van der Waals surface area (Å²) in [6, 6.07) is 12.8. The molecule has 0 radical (unpaired) electrons. The highest BCUT2D eigenvalue weighted by Crippen LogP contribution is 2.32. The minimum Gasteiger partial charge on any atom is -0.494 e. The highest BCUT2D eigenvalue weighted by atomic mass is 35.5. The van der Waals surface area contributed by atoms with Crippen molar-refractivity contribution in [3.63, 3.8) is 0 Å². The third-order valence-electron chi connectivity index (χ3n) is 6.73. The van der Waals surface area contributed by atoms with Crippen LogP contribution in [-0.4, -0.2) is 44.1 Å². The molecule has 8 nitrogen and oxygen atoms in total. The Bertz CT molecular complexity index is 1800. The molecule has 0 aliphatic rings. The summed E-state index contributed by atoms with van der Waals surface area (Å²) >= 11 is 12.3. The van der Waals surface area contributed by atoms with Gasteiger partial charge < -0.3 is 15.0 Å². The first-order chi connectivity index (χ1) is 20.7. The number of aromatic amines is 1. The molecule has 0 atom stereocenters. The standard InChI is InChI=1S/C30H28Cl2F3N3O5S/c1-17-14-20(15-18(2)26(17)32)43-12-5-7-22-21-10-9-19(31)16-25(21)37-27(22)29(40)38-44(41,42)13-11-36-28(39)23-6-3-4-8-24(23)30(33,34)35/h3-4,6,8-10,14-16,37H,5,7,11-13H2,1-2H3,(H,36,39)(H,38,40). The van der Waals surface area contributed by atoms with Crippen molar-refractivity contribution in [2.24, 2.45) is 0 Å². The Morgan fingerprint density at radius 2 is 1.66 bits per heavy atom. The number of aryl methyl sites for hydroxylation is 3. The minimum absolute atomic E-state index is 0.00663. The van der Waals surface area contributed by atoms with Crippen molar-refractivity contribution >= 4 is 55.9 Å². The zero-order chi connectivity index (χ0) is 32.2. The molecule has 1 aromatic heterocycles. The predicted octanol–water partition coefficient (Wildman–Crippen LogP) is 6.61. The van der Waals surface area contributed by atoms with Gasteiger partial charge >= 0.3 is 6.18 Å². The predicted molar refractivity (Wildman–Crippen MR) is 163 cm³/mol. The van der Waals surface area contributed by atoms with Crippen molar-refractivity contribution in [1.29, 1.82) is 0 Å². The maximum Gasteiger partial charge on any atom is 0.417 e. The summed E-state index contributed by atoms with van der Waals surface area (Å²) in [6.45, 7) is 3.51. The van der Waals surface area contributed by atoms with E-state index in [-0.39, 0.29) is 5.69 Å². The van der Waals surface area contributed by atoms with Gasteiger partial charge in [0.2, 0.25) is 10.0 Å². The molecule has 0 fully saturated rings. The van der Waals surface area contributed by atoms with Gasteiger partial charge in [-0.1, -0.05) is 41.4 Å². The van der Waals surface area contributed by atoms with Crippen LogP contribution in [0.2, 0.25) is 10.0 Å². The molecule has 0 spiro atoms. The summed E-state index contributed by atoms with van der Waals surface area (Å²) in [7, 11) is -4.30. The number of nitrogens with one attached hydrogen (secondary N) is 3. The van der Waals surface area contributed by atoms with Gasteiger partial charge in [0.05, 0.1) is 23.5 Å². The topological polar surface area (TPSA) is 117 Å². The van der Waals surface area contributed by atoms with Gasteiger partial charge in [0, 0.05) is 27.5 Å². The first kappa shape index (κ1) is 33.2. The van der Waals surface area contributed by atoms with Crippen LogP contribution in [0.5, 0.6) is 5.75 Å². The van der Waals surface area contributed by atoms with E-state index >= 15 is 0 Å². The summed E-state index contributed by atoms with van der Waals surface area (Å²) in [4.78, 5) is 28.4. The normalized spacial score (nSPS) is 11.9. The first-order valence-corrected chi connectivity index (χ1v) is 15.8. The van der Waals surface area contributed by atoms with E-state index in [2.05, 4.69) is 10.3 Å². The summed E-state index contributed by atoms with van der Waals surface area (Å²) in [5.41, 5.74) is 1.04. The quantitative estimate of drug-likeness (QED) is 0.155. The SMILES string of the molecule is Cc1cc(OCCCc2c(C(=O)NS(=O)(=O)CCNC(=O)c3ccccc3C(F)(F)F)[nH]c3cc(Cl)ccc23)cc(C)c1Cl. The Morgan fingerprint density at radius 3 is 2.34 bits per heavy atom. The molecule has 44 heavy (non-hydrogen) atoms. The molecule has 0 aliphatic heterocycles. The number of ether oxygens (including phenoxy) is 1. The molecule has 234 valence electrons. The lowest BCUT2D eigenvalue weighted by atomic mass is 10.1. The van der Waals surface area contributed by atoms with E-state index in [0.717, 1.165) is 29.3 Å². The smallest absolute Gasteiger partial charge is 0.417 e. The monoisotopic (exact) mass is 669 g/mol. The van der Waals surface area contributed by atoms with Crippen LogP contribution < -0.4 is 14.8 Å². The number of H-pyrrole nitrogens is 1. The second-order valence-corrected chi connectivity index (χ2v) is 12.7. The second kappa shape index (κ2) is 13.5. The average molecular weight is 671 g/mol. The highest BCUT2D eigenvalue weighted by Gasteiger charge is 2.35. The lowest BCUT2D eigenvalue weighted by molar-refractivity contribution is -0.137. The van der Waals surface area contributed by atoms with E-state index in [4.69, 9.17) is 27.9 Å². The van der Waals surface area contributed by atoms with Gasteiger partial charge in [-0.05, 0) is 79.8 Å². The van der Waals surface area contributed by atoms with Gasteiger partial charge in [-0.3, -0.25) is 9.59 Å². The lowest BCUT2D eigenvalue weighted by Gasteiger charge is -2.13. The number of halogens is 5. The van der Waals surface area contributed by atoms with Crippen LogP contribution in [0.15, 0.2) is 54.6 Å². The molecule has 2 amide bonds. The molecule has 4 rings (SSSR count). The van der Waals surface area contributed by atoms with Crippen LogP contribution in [0.4, 0.5) is 13.2 Å². The molecule has 1 heterocycles. The zero-order valence-electron chi connectivity index (χ0n) is 23.6. The van der Waals surface area contributed by atoms with Gasteiger partial charge in [-0.25, -0.2) is 13.1 Å². The number of fused-ring (bicyclic) bond motifs is 1. The van der Waals surface area contributed by atoms with Crippen molar-refractivity contribution in [3.05, 3.63) is 98.2 Å². The summed E-state index contributed by atoms with van der Waals surface area (Å²) < 4.78 is 72.9. The Kier molecular flexibility index (Phi) is 10.2.